The second-order valence-corrected chi connectivity index (χ2v) is 5.72. The Bertz CT molecular complexity index is 195. The van der Waals surface area contributed by atoms with Crippen molar-refractivity contribution in [1.82, 2.24) is 10.2 Å². The van der Waals surface area contributed by atoms with Gasteiger partial charge in [-0.2, -0.15) is 0 Å². The van der Waals surface area contributed by atoms with Gasteiger partial charge < -0.3 is 10.1 Å². The lowest BCUT2D eigenvalue weighted by Gasteiger charge is -2.39. The highest BCUT2D eigenvalue weighted by molar-refractivity contribution is 4.84. The van der Waals surface area contributed by atoms with E-state index in [0.717, 1.165) is 19.7 Å². The molecule has 0 spiro atoms. The van der Waals surface area contributed by atoms with Crippen LogP contribution in [0.5, 0.6) is 0 Å². The van der Waals surface area contributed by atoms with E-state index in [1.165, 1.54) is 6.42 Å². The van der Waals surface area contributed by atoms with Crippen LogP contribution in [0, 0.1) is 5.41 Å². The molecule has 0 amide bonds. The van der Waals surface area contributed by atoms with Gasteiger partial charge in [-0.15, -0.1) is 0 Å². The van der Waals surface area contributed by atoms with E-state index < -0.39 is 0 Å². The summed E-state index contributed by atoms with van der Waals surface area (Å²) in [5.41, 5.74) is 0.270. The second kappa shape index (κ2) is 8.06. The topological polar surface area (TPSA) is 24.5 Å². The van der Waals surface area contributed by atoms with Gasteiger partial charge in [0.15, 0.2) is 0 Å². The zero-order valence-corrected chi connectivity index (χ0v) is 12.8. The normalized spacial score (nSPS) is 16.2. The van der Waals surface area contributed by atoms with Crippen LogP contribution >= 0.6 is 0 Å². The average Bonchev–Trinajstić information content (AvgIpc) is 2.32. The quantitative estimate of drug-likeness (QED) is 0.674. The van der Waals surface area contributed by atoms with Crippen LogP contribution in [-0.2, 0) is 4.74 Å². The van der Waals surface area contributed by atoms with Gasteiger partial charge in [0.05, 0.1) is 6.61 Å². The summed E-state index contributed by atoms with van der Waals surface area (Å²) in [6, 6.07) is 1.13. The maximum Gasteiger partial charge on any atom is 0.0589 e. The summed E-state index contributed by atoms with van der Waals surface area (Å²) in [5.74, 6) is 0. The third kappa shape index (κ3) is 5.84. The molecule has 0 aliphatic rings. The minimum atomic E-state index is 0.270. The molecule has 0 rings (SSSR count). The van der Waals surface area contributed by atoms with Gasteiger partial charge in [-0.3, -0.25) is 4.90 Å². The van der Waals surface area contributed by atoms with Gasteiger partial charge >= 0.3 is 0 Å². The molecule has 0 aromatic rings. The Kier molecular flexibility index (Phi) is 8.01. The summed E-state index contributed by atoms with van der Waals surface area (Å²) in [6.45, 7) is 14.4. The van der Waals surface area contributed by atoms with Crippen molar-refractivity contribution in [1.29, 1.82) is 0 Å². The number of hydrogen-bond acceptors (Lipinski definition) is 3. The van der Waals surface area contributed by atoms with Crippen molar-refractivity contribution in [3.05, 3.63) is 0 Å². The van der Waals surface area contributed by atoms with Crippen LogP contribution in [0.2, 0.25) is 0 Å². The van der Waals surface area contributed by atoms with Crippen LogP contribution in [0.1, 0.15) is 41.0 Å². The molecule has 3 nitrogen and oxygen atoms in total. The number of rotatable bonds is 9. The molecule has 2 atom stereocenters. The van der Waals surface area contributed by atoms with Crippen molar-refractivity contribution < 1.29 is 4.74 Å². The lowest BCUT2D eigenvalue weighted by molar-refractivity contribution is 0.0777. The van der Waals surface area contributed by atoms with Crippen molar-refractivity contribution in [3.63, 3.8) is 0 Å². The molecule has 2 unspecified atom stereocenters. The molecule has 0 aliphatic heterocycles. The highest BCUT2D eigenvalue weighted by Gasteiger charge is 2.28. The van der Waals surface area contributed by atoms with Gasteiger partial charge in [0.2, 0.25) is 0 Å². The number of nitrogens with one attached hydrogen (secondary N) is 1. The van der Waals surface area contributed by atoms with E-state index in [1.807, 2.05) is 7.05 Å². The third-order valence-corrected chi connectivity index (χ3v) is 4.01. The molecule has 0 fully saturated rings. The van der Waals surface area contributed by atoms with Gasteiger partial charge in [-0.1, -0.05) is 20.8 Å². The van der Waals surface area contributed by atoms with Crippen molar-refractivity contribution in [3.8, 4) is 0 Å². The smallest absolute Gasteiger partial charge is 0.0589 e. The summed E-state index contributed by atoms with van der Waals surface area (Å²) in [6.07, 6.45) is 1.19. The SMILES string of the molecule is CCC(C)N(CCOC)CC(C)(C)C(C)NC. The largest absolute Gasteiger partial charge is 0.383 e. The fourth-order valence-electron chi connectivity index (χ4n) is 1.97. The zero-order chi connectivity index (χ0) is 13.5. The van der Waals surface area contributed by atoms with Crippen molar-refractivity contribution in [2.75, 3.05) is 33.9 Å². The Morgan fingerprint density at radius 2 is 1.88 bits per heavy atom. The summed E-state index contributed by atoms with van der Waals surface area (Å²) in [4.78, 5) is 2.54. The molecule has 0 bridgehead atoms. The predicted molar refractivity (Wildman–Crippen MR) is 75.5 cm³/mol. The fourth-order valence-corrected chi connectivity index (χ4v) is 1.97. The number of nitrogens with zero attached hydrogens (tertiary/aromatic N) is 1. The molecule has 104 valence electrons. The van der Waals surface area contributed by atoms with Gasteiger partial charge in [0.25, 0.3) is 0 Å². The first-order chi connectivity index (χ1) is 7.88. The average molecular weight is 244 g/mol. The molecule has 0 aliphatic carbocycles. The molecule has 3 heteroatoms. The number of methoxy groups -OCH3 is 1. The minimum Gasteiger partial charge on any atom is -0.383 e. The van der Waals surface area contributed by atoms with Gasteiger partial charge in [-0.05, 0) is 32.7 Å². The van der Waals surface area contributed by atoms with Crippen LogP contribution in [0.25, 0.3) is 0 Å². The minimum absolute atomic E-state index is 0.270. The van der Waals surface area contributed by atoms with Crippen LogP contribution in [0.3, 0.4) is 0 Å². The zero-order valence-electron chi connectivity index (χ0n) is 12.8. The Morgan fingerprint density at radius 3 is 2.29 bits per heavy atom. The van der Waals surface area contributed by atoms with Crippen LogP contribution in [-0.4, -0.2) is 50.8 Å². The van der Waals surface area contributed by atoms with Crippen LogP contribution in [0.4, 0.5) is 0 Å². The first-order valence-electron chi connectivity index (χ1n) is 6.79. The number of ether oxygens (including phenoxy) is 1. The Hall–Kier alpha value is -0.120. The van der Waals surface area contributed by atoms with E-state index in [9.17, 15) is 0 Å². The summed E-state index contributed by atoms with van der Waals surface area (Å²) < 4.78 is 5.21. The number of hydrogen-bond donors (Lipinski definition) is 1. The van der Waals surface area contributed by atoms with Crippen LogP contribution in [0.15, 0.2) is 0 Å². The van der Waals surface area contributed by atoms with E-state index in [-0.39, 0.29) is 5.41 Å². The van der Waals surface area contributed by atoms with Crippen molar-refractivity contribution >= 4 is 0 Å². The summed E-state index contributed by atoms with van der Waals surface area (Å²) in [7, 11) is 3.81. The first kappa shape index (κ1) is 16.9. The van der Waals surface area contributed by atoms with E-state index >= 15 is 0 Å². The van der Waals surface area contributed by atoms with E-state index in [4.69, 9.17) is 4.74 Å². The maximum absolute atomic E-state index is 5.21. The monoisotopic (exact) mass is 244 g/mol. The van der Waals surface area contributed by atoms with E-state index in [0.29, 0.717) is 12.1 Å². The molecular weight excluding hydrogens is 212 g/mol. The Labute approximate surface area is 108 Å². The molecule has 1 N–H and O–H groups in total. The fraction of sp³-hybridized carbons (Fsp3) is 1.00. The molecule has 0 radical (unpaired) electrons. The highest BCUT2D eigenvalue weighted by atomic mass is 16.5. The summed E-state index contributed by atoms with van der Waals surface area (Å²) >= 11 is 0. The van der Waals surface area contributed by atoms with Gasteiger partial charge in [0.1, 0.15) is 0 Å². The molecular formula is C14H32N2O. The lowest BCUT2D eigenvalue weighted by Crippen LogP contribution is -2.48. The van der Waals surface area contributed by atoms with E-state index in [1.54, 1.807) is 7.11 Å². The summed E-state index contributed by atoms with van der Waals surface area (Å²) in [5, 5.41) is 3.37. The van der Waals surface area contributed by atoms with Crippen molar-refractivity contribution in [2.24, 2.45) is 5.41 Å². The lowest BCUT2D eigenvalue weighted by atomic mass is 9.84. The Morgan fingerprint density at radius 1 is 1.29 bits per heavy atom. The van der Waals surface area contributed by atoms with Crippen molar-refractivity contribution in [2.45, 2.75) is 53.1 Å². The predicted octanol–water partition coefficient (Wildman–Crippen LogP) is 2.37. The van der Waals surface area contributed by atoms with E-state index in [2.05, 4.69) is 44.8 Å². The third-order valence-electron chi connectivity index (χ3n) is 4.01. The van der Waals surface area contributed by atoms with Gasteiger partial charge in [-0.25, -0.2) is 0 Å². The highest BCUT2D eigenvalue weighted by Crippen LogP contribution is 2.23. The second-order valence-electron chi connectivity index (χ2n) is 5.72. The molecule has 0 aromatic heterocycles. The molecule has 0 saturated carbocycles. The van der Waals surface area contributed by atoms with Gasteiger partial charge in [0, 0.05) is 32.3 Å². The standard InChI is InChI=1S/C14H32N2O/c1-8-12(2)16(9-10-17-7)11-14(4,5)13(3)15-6/h12-13,15H,8-11H2,1-7H3. The Balaban J connectivity index is 4.49. The van der Waals surface area contributed by atoms with Crippen LogP contribution < -0.4 is 5.32 Å². The first-order valence-corrected chi connectivity index (χ1v) is 6.79. The molecule has 0 saturated heterocycles. The molecule has 0 aromatic carbocycles. The molecule has 0 heterocycles. The maximum atomic E-state index is 5.21. The molecule has 17 heavy (non-hydrogen) atoms.